The number of hydrogen-bond acceptors (Lipinski definition) is 4. The van der Waals surface area contributed by atoms with Gasteiger partial charge in [0.2, 0.25) is 0 Å². The lowest BCUT2D eigenvalue weighted by Gasteiger charge is -2.23. The summed E-state index contributed by atoms with van der Waals surface area (Å²) in [6, 6.07) is 10.9. The maximum atomic E-state index is 13.7. The topological polar surface area (TPSA) is 45.6 Å². The lowest BCUT2D eigenvalue weighted by Crippen LogP contribution is -2.28. The van der Waals surface area contributed by atoms with Crippen LogP contribution >= 0.6 is 0 Å². The molecule has 1 aliphatic heterocycles. The molecule has 1 aromatic carbocycles. The van der Waals surface area contributed by atoms with Gasteiger partial charge in [0, 0.05) is 25.8 Å². The molecule has 0 radical (unpaired) electrons. The summed E-state index contributed by atoms with van der Waals surface area (Å²) < 4.78 is 19.5. The van der Waals surface area contributed by atoms with Gasteiger partial charge in [-0.2, -0.15) is 4.39 Å². The number of aromatic hydroxyl groups is 1. The van der Waals surface area contributed by atoms with E-state index in [1.807, 2.05) is 12.1 Å². The van der Waals surface area contributed by atoms with Crippen LogP contribution < -0.4 is 4.74 Å². The number of phenolic OH excluding ortho intramolecular Hbond substituents is 1. The lowest BCUT2D eigenvalue weighted by molar-refractivity contribution is 0.175. The van der Waals surface area contributed by atoms with E-state index in [-0.39, 0.29) is 11.9 Å². The SMILES string of the molecule is CC(CN1C[C@H]2C[C@H](Oc3cccnc3F)C[C@H]2C1)c1ccc(O)cc1. The number of aromatic nitrogens is 1. The second kappa shape index (κ2) is 7.23. The van der Waals surface area contributed by atoms with Crippen LogP contribution in [0, 0.1) is 17.8 Å². The first kappa shape index (κ1) is 17.3. The van der Waals surface area contributed by atoms with Gasteiger partial charge >= 0.3 is 0 Å². The van der Waals surface area contributed by atoms with Gasteiger partial charge in [-0.05, 0) is 60.4 Å². The summed E-state index contributed by atoms with van der Waals surface area (Å²) in [4.78, 5) is 6.19. The molecular weight excluding hydrogens is 331 g/mol. The Morgan fingerprint density at radius 1 is 1.19 bits per heavy atom. The van der Waals surface area contributed by atoms with Crippen LogP contribution in [-0.2, 0) is 0 Å². The molecule has 1 saturated carbocycles. The van der Waals surface area contributed by atoms with Crippen LogP contribution in [0.5, 0.6) is 11.5 Å². The molecule has 1 aromatic heterocycles. The van der Waals surface area contributed by atoms with Crippen molar-refractivity contribution < 1.29 is 14.2 Å². The standard InChI is InChI=1S/C21H25FN2O2/c1-14(15-4-6-18(25)7-5-15)11-24-12-16-9-19(10-17(16)13-24)26-20-3-2-8-23-21(20)22/h2-8,14,16-17,19,25H,9-13H2,1H3/t14?,16-,17+,19+. The number of benzene rings is 1. The van der Waals surface area contributed by atoms with Gasteiger partial charge in [-0.3, -0.25) is 0 Å². The van der Waals surface area contributed by atoms with E-state index in [1.165, 1.54) is 11.8 Å². The van der Waals surface area contributed by atoms with Crippen LogP contribution in [0.3, 0.4) is 0 Å². The van der Waals surface area contributed by atoms with Gasteiger partial charge in [-0.25, -0.2) is 4.98 Å². The van der Waals surface area contributed by atoms with Crippen molar-refractivity contribution in [3.63, 3.8) is 0 Å². The highest BCUT2D eigenvalue weighted by Crippen LogP contribution is 2.40. The van der Waals surface area contributed by atoms with E-state index in [2.05, 4.69) is 16.8 Å². The molecule has 1 aliphatic carbocycles. The normalized spacial score (nSPS) is 26.6. The third-order valence-electron chi connectivity index (χ3n) is 5.80. The molecule has 0 spiro atoms. The molecule has 2 heterocycles. The smallest absolute Gasteiger partial charge is 0.255 e. The summed E-state index contributed by atoms with van der Waals surface area (Å²) in [7, 11) is 0. The fraction of sp³-hybridized carbons (Fsp3) is 0.476. The van der Waals surface area contributed by atoms with Crippen molar-refractivity contribution in [2.75, 3.05) is 19.6 Å². The molecule has 5 heteroatoms. The van der Waals surface area contributed by atoms with E-state index in [4.69, 9.17) is 4.74 Å². The molecule has 1 unspecified atom stereocenters. The molecule has 1 N–H and O–H groups in total. The molecule has 2 aromatic rings. The Hall–Kier alpha value is -2.14. The van der Waals surface area contributed by atoms with Crippen LogP contribution in [0.25, 0.3) is 0 Å². The van der Waals surface area contributed by atoms with Gasteiger partial charge < -0.3 is 14.7 Å². The number of hydrogen-bond donors (Lipinski definition) is 1. The third-order valence-corrected chi connectivity index (χ3v) is 5.80. The highest BCUT2D eigenvalue weighted by atomic mass is 19.1. The number of rotatable bonds is 5. The van der Waals surface area contributed by atoms with E-state index in [9.17, 15) is 9.50 Å². The molecule has 4 rings (SSSR count). The molecule has 138 valence electrons. The predicted molar refractivity (Wildman–Crippen MR) is 97.8 cm³/mol. The average Bonchev–Trinajstić information content (AvgIpc) is 3.15. The first-order valence-electron chi connectivity index (χ1n) is 9.37. The molecule has 2 fully saturated rings. The van der Waals surface area contributed by atoms with Crippen molar-refractivity contribution in [2.24, 2.45) is 11.8 Å². The monoisotopic (exact) mass is 356 g/mol. The number of phenols is 1. The van der Waals surface area contributed by atoms with E-state index < -0.39 is 5.95 Å². The number of pyridine rings is 1. The van der Waals surface area contributed by atoms with Crippen molar-refractivity contribution in [3.8, 4) is 11.5 Å². The predicted octanol–water partition coefficient (Wildman–Crippen LogP) is 3.82. The largest absolute Gasteiger partial charge is 0.508 e. The average molecular weight is 356 g/mol. The van der Waals surface area contributed by atoms with Gasteiger partial charge in [0.05, 0.1) is 6.10 Å². The number of halogens is 1. The van der Waals surface area contributed by atoms with Gasteiger partial charge in [0.15, 0.2) is 5.75 Å². The summed E-state index contributed by atoms with van der Waals surface area (Å²) in [5.41, 5.74) is 1.26. The maximum absolute atomic E-state index is 13.7. The van der Waals surface area contributed by atoms with E-state index in [1.54, 1.807) is 24.3 Å². The van der Waals surface area contributed by atoms with Crippen LogP contribution in [0.2, 0.25) is 0 Å². The van der Waals surface area contributed by atoms with E-state index >= 15 is 0 Å². The van der Waals surface area contributed by atoms with Crippen LogP contribution in [-0.4, -0.2) is 40.7 Å². The molecule has 26 heavy (non-hydrogen) atoms. The Morgan fingerprint density at radius 2 is 1.88 bits per heavy atom. The van der Waals surface area contributed by atoms with E-state index in [0.717, 1.165) is 32.5 Å². The summed E-state index contributed by atoms with van der Waals surface area (Å²) in [5.74, 6) is 1.77. The molecule has 4 atom stereocenters. The Labute approximate surface area is 153 Å². The Kier molecular flexibility index (Phi) is 4.81. The zero-order valence-electron chi connectivity index (χ0n) is 15.0. The minimum Gasteiger partial charge on any atom is -0.508 e. The minimum absolute atomic E-state index is 0.0976. The molecule has 0 bridgehead atoms. The summed E-state index contributed by atoms with van der Waals surface area (Å²) >= 11 is 0. The van der Waals surface area contributed by atoms with Crippen molar-refractivity contribution in [1.29, 1.82) is 0 Å². The fourth-order valence-corrected chi connectivity index (χ4v) is 4.52. The Balaban J connectivity index is 1.29. The second-order valence-corrected chi connectivity index (χ2v) is 7.73. The van der Waals surface area contributed by atoms with Gasteiger partial charge in [0.1, 0.15) is 5.75 Å². The van der Waals surface area contributed by atoms with Crippen LogP contribution in [0.1, 0.15) is 31.2 Å². The Morgan fingerprint density at radius 3 is 2.54 bits per heavy atom. The first-order chi connectivity index (χ1) is 12.6. The van der Waals surface area contributed by atoms with E-state index in [0.29, 0.717) is 23.5 Å². The number of nitrogens with zero attached hydrogens (tertiary/aromatic N) is 2. The molecule has 1 saturated heterocycles. The zero-order valence-corrected chi connectivity index (χ0v) is 15.0. The minimum atomic E-state index is -0.520. The van der Waals surface area contributed by atoms with Crippen molar-refractivity contribution >= 4 is 0 Å². The molecule has 2 aliphatic rings. The van der Waals surface area contributed by atoms with Crippen molar-refractivity contribution in [2.45, 2.75) is 31.8 Å². The maximum Gasteiger partial charge on any atom is 0.255 e. The summed E-state index contributed by atoms with van der Waals surface area (Å²) in [5, 5.41) is 9.43. The summed E-state index contributed by atoms with van der Waals surface area (Å²) in [6.07, 6.45) is 3.52. The number of ether oxygens (including phenoxy) is 1. The van der Waals surface area contributed by atoms with Crippen molar-refractivity contribution in [1.82, 2.24) is 9.88 Å². The van der Waals surface area contributed by atoms with Gasteiger partial charge in [-0.15, -0.1) is 0 Å². The Bertz CT molecular complexity index is 738. The zero-order chi connectivity index (χ0) is 18.1. The molecule has 4 nitrogen and oxygen atoms in total. The third kappa shape index (κ3) is 3.68. The van der Waals surface area contributed by atoms with Crippen LogP contribution in [0.4, 0.5) is 4.39 Å². The molecular formula is C21H25FN2O2. The highest BCUT2D eigenvalue weighted by molar-refractivity contribution is 5.28. The second-order valence-electron chi connectivity index (χ2n) is 7.73. The fourth-order valence-electron chi connectivity index (χ4n) is 4.52. The lowest BCUT2D eigenvalue weighted by atomic mass is 10.0. The first-order valence-corrected chi connectivity index (χ1v) is 9.37. The number of likely N-dealkylation sites (tertiary alicyclic amines) is 1. The van der Waals surface area contributed by atoms with Gasteiger partial charge in [-0.1, -0.05) is 19.1 Å². The summed E-state index contributed by atoms with van der Waals surface area (Å²) in [6.45, 7) is 5.43. The highest BCUT2D eigenvalue weighted by Gasteiger charge is 2.42. The number of fused-ring (bicyclic) bond motifs is 1. The molecule has 0 amide bonds. The van der Waals surface area contributed by atoms with Gasteiger partial charge in [0.25, 0.3) is 5.95 Å². The van der Waals surface area contributed by atoms with Crippen LogP contribution in [0.15, 0.2) is 42.6 Å². The quantitative estimate of drug-likeness (QED) is 0.828. The van der Waals surface area contributed by atoms with Crippen molar-refractivity contribution in [3.05, 3.63) is 54.1 Å².